The zero-order valence-electron chi connectivity index (χ0n) is 16.2. The number of thioether (sulfide) groups is 1. The van der Waals surface area contributed by atoms with Crippen molar-refractivity contribution in [3.05, 3.63) is 0 Å². The summed E-state index contributed by atoms with van der Waals surface area (Å²) in [6.07, 6.45) is 7.36. The Kier molecular flexibility index (Phi) is 6.73. The summed E-state index contributed by atoms with van der Waals surface area (Å²) in [5.74, 6) is 0.909. The summed E-state index contributed by atoms with van der Waals surface area (Å²) in [5, 5.41) is 10.2. The minimum absolute atomic E-state index is 0.0376. The number of hydrogen-bond donors (Lipinski definition) is 3. The Balaban J connectivity index is 1.29. The molecule has 158 valence electrons. The van der Waals surface area contributed by atoms with E-state index in [0.29, 0.717) is 36.0 Å². The van der Waals surface area contributed by atoms with Crippen molar-refractivity contribution in [2.45, 2.75) is 86.8 Å². The Morgan fingerprint density at radius 2 is 1.93 bits per heavy atom. The van der Waals surface area contributed by atoms with Crippen LogP contribution in [0.5, 0.6) is 0 Å². The molecule has 0 radical (unpaired) electrons. The molecule has 3 saturated carbocycles. The van der Waals surface area contributed by atoms with Crippen LogP contribution in [0.15, 0.2) is 0 Å². The van der Waals surface area contributed by atoms with Crippen molar-refractivity contribution in [3.8, 4) is 0 Å². The van der Waals surface area contributed by atoms with Crippen LogP contribution >= 0.6 is 23.4 Å². The fraction of sp³-hybridized carbons (Fsp3) is 0.900. The quantitative estimate of drug-likeness (QED) is 0.598. The lowest BCUT2D eigenvalue weighted by Gasteiger charge is -2.42. The Hall–Kier alpha value is -0.530. The summed E-state index contributed by atoms with van der Waals surface area (Å²) in [4.78, 5) is 24.4. The molecule has 2 amide bonds. The molecule has 1 saturated heterocycles. The molecule has 8 atom stereocenters. The highest BCUT2D eigenvalue weighted by Gasteiger charge is 2.48. The molecule has 0 aromatic rings. The number of amides is 2. The average Bonchev–Trinajstić information content (AvgIpc) is 3.10. The highest BCUT2D eigenvalue weighted by molar-refractivity contribution is 8.00. The largest absolute Gasteiger partial charge is 0.352 e. The Bertz CT molecular complexity index is 598. The van der Waals surface area contributed by atoms with Crippen molar-refractivity contribution in [2.24, 2.45) is 17.8 Å². The summed E-state index contributed by atoms with van der Waals surface area (Å²) in [6, 6.07) is 0.467. The van der Waals surface area contributed by atoms with Gasteiger partial charge in [-0.15, -0.1) is 23.4 Å². The molecule has 28 heavy (non-hydrogen) atoms. The Labute approximate surface area is 175 Å². The first-order chi connectivity index (χ1) is 13.5. The van der Waals surface area contributed by atoms with Gasteiger partial charge in [-0.3, -0.25) is 14.9 Å². The van der Waals surface area contributed by atoms with Crippen LogP contribution in [-0.2, 0) is 9.59 Å². The van der Waals surface area contributed by atoms with Gasteiger partial charge >= 0.3 is 0 Å². The van der Waals surface area contributed by atoms with Crippen LogP contribution in [0, 0.1) is 17.8 Å². The van der Waals surface area contributed by atoms with Gasteiger partial charge in [0.2, 0.25) is 11.8 Å². The first-order valence-corrected chi connectivity index (χ1v) is 12.2. The molecule has 0 aromatic carbocycles. The van der Waals surface area contributed by atoms with E-state index in [-0.39, 0.29) is 35.2 Å². The van der Waals surface area contributed by atoms with Gasteiger partial charge in [0.1, 0.15) is 17.5 Å². The Morgan fingerprint density at radius 1 is 1.07 bits per heavy atom. The second kappa shape index (κ2) is 9.09. The molecule has 3 N–H and O–H groups in total. The molecule has 8 heteroatoms. The van der Waals surface area contributed by atoms with Gasteiger partial charge in [-0.1, -0.05) is 6.42 Å². The van der Waals surface area contributed by atoms with E-state index in [0.717, 1.165) is 44.9 Å². The van der Waals surface area contributed by atoms with Crippen molar-refractivity contribution >= 4 is 35.2 Å². The first kappa shape index (κ1) is 20.7. The second-order valence-corrected chi connectivity index (χ2v) is 10.5. The minimum atomic E-state index is -0.619. The van der Waals surface area contributed by atoms with Crippen molar-refractivity contribution < 1.29 is 14.0 Å². The summed E-state index contributed by atoms with van der Waals surface area (Å²) < 4.78 is 13.8. The lowest BCUT2D eigenvalue weighted by molar-refractivity contribution is -0.127. The number of rotatable bonds is 4. The molecule has 4 aliphatic rings. The second-order valence-electron chi connectivity index (χ2n) is 8.94. The van der Waals surface area contributed by atoms with Gasteiger partial charge in [0.25, 0.3) is 0 Å². The number of fused-ring (bicyclic) bond motifs is 3. The predicted octanol–water partition coefficient (Wildman–Crippen LogP) is 2.92. The fourth-order valence-electron chi connectivity index (χ4n) is 5.76. The van der Waals surface area contributed by atoms with Gasteiger partial charge in [-0.05, 0) is 63.2 Å². The first-order valence-electron chi connectivity index (χ1n) is 10.7. The molecule has 1 heterocycles. The lowest BCUT2D eigenvalue weighted by Crippen LogP contribution is -2.49. The molecule has 5 nitrogen and oxygen atoms in total. The number of carbonyl (C=O) groups excluding carboxylic acids is 2. The standard InChI is InChI=1S/C20H31ClFN3O2S/c21-10-17(26)23-14-3-1-2-12(9-14)19(27)25-20-24-16-7-4-11-8-13(22)5-6-15(11)18(16)28-20/h11-16,18,20,24H,1-10H2,(H,23,26)(H,25,27)/t11?,12-,13?,14+,15?,16?,18?,20?/m0/s1. The summed E-state index contributed by atoms with van der Waals surface area (Å²) >= 11 is 7.41. The molecular weight excluding hydrogens is 401 g/mol. The number of carbonyl (C=O) groups is 2. The van der Waals surface area contributed by atoms with Gasteiger partial charge in [0.15, 0.2) is 0 Å². The zero-order valence-corrected chi connectivity index (χ0v) is 17.7. The fourth-order valence-corrected chi connectivity index (χ4v) is 7.56. The maximum atomic E-state index is 13.8. The maximum absolute atomic E-state index is 13.8. The van der Waals surface area contributed by atoms with E-state index >= 15 is 0 Å². The molecule has 6 unspecified atom stereocenters. The summed E-state index contributed by atoms with van der Waals surface area (Å²) in [5.41, 5.74) is -0.0536. The molecule has 3 aliphatic carbocycles. The molecule has 4 rings (SSSR count). The van der Waals surface area contributed by atoms with Gasteiger partial charge in [0.05, 0.1) is 0 Å². The topological polar surface area (TPSA) is 70.2 Å². The number of halogens is 2. The zero-order chi connectivity index (χ0) is 19.7. The van der Waals surface area contributed by atoms with E-state index in [1.54, 1.807) is 0 Å². The SMILES string of the molecule is O=C(CCl)N[C@@H]1CCC[C@H](C(=O)NC2NC3CCC4CC(F)CCC4C3S2)C1. The van der Waals surface area contributed by atoms with Gasteiger partial charge in [-0.25, -0.2) is 4.39 Å². The van der Waals surface area contributed by atoms with E-state index in [1.807, 2.05) is 11.8 Å². The van der Waals surface area contributed by atoms with Crippen LogP contribution < -0.4 is 16.0 Å². The molecule has 0 aromatic heterocycles. The van der Waals surface area contributed by atoms with Gasteiger partial charge < -0.3 is 10.6 Å². The monoisotopic (exact) mass is 431 g/mol. The van der Waals surface area contributed by atoms with Crippen LogP contribution in [-0.4, -0.2) is 46.7 Å². The summed E-state index contributed by atoms with van der Waals surface area (Å²) in [7, 11) is 0. The highest BCUT2D eigenvalue weighted by Crippen LogP contribution is 2.49. The summed E-state index contributed by atoms with van der Waals surface area (Å²) in [6.45, 7) is 0. The van der Waals surface area contributed by atoms with Crippen LogP contribution in [0.1, 0.15) is 57.8 Å². The lowest BCUT2D eigenvalue weighted by atomic mass is 9.68. The smallest absolute Gasteiger partial charge is 0.235 e. The van der Waals surface area contributed by atoms with Crippen LogP contribution in [0.2, 0.25) is 0 Å². The van der Waals surface area contributed by atoms with Crippen molar-refractivity contribution in [1.29, 1.82) is 0 Å². The number of nitrogens with one attached hydrogen (secondary N) is 3. The number of hydrogen-bond acceptors (Lipinski definition) is 4. The molecule has 0 bridgehead atoms. The minimum Gasteiger partial charge on any atom is -0.352 e. The van der Waals surface area contributed by atoms with E-state index in [9.17, 15) is 14.0 Å². The maximum Gasteiger partial charge on any atom is 0.235 e. The van der Waals surface area contributed by atoms with Crippen LogP contribution in [0.4, 0.5) is 4.39 Å². The molecule has 4 fully saturated rings. The number of alkyl halides is 2. The third kappa shape index (κ3) is 4.62. The van der Waals surface area contributed by atoms with Crippen molar-refractivity contribution in [2.75, 3.05) is 5.88 Å². The van der Waals surface area contributed by atoms with Crippen LogP contribution in [0.25, 0.3) is 0 Å². The third-order valence-corrected chi connectivity index (χ3v) is 8.87. The normalized spacial score (nSPS) is 42.9. The van der Waals surface area contributed by atoms with Gasteiger partial charge in [0, 0.05) is 23.3 Å². The van der Waals surface area contributed by atoms with E-state index < -0.39 is 6.17 Å². The Morgan fingerprint density at radius 3 is 2.75 bits per heavy atom. The average molecular weight is 432 g/mol. The van der Waals surface area contributed by atoms with E-state index in [2.05, 4.69) is 16.0 Å². The van der Waals surface area contributed by atoms with Crippen LogP contribution in [0.3, 0.4) is 0 Å². The van der Waals surface area contributed by atoms with Crippen molar-refractivity contribution in [3.63, 3.8) is 0 Å². The van der Waals surface area contributed by atoms with E-state index in [4.69, 9.17) is 11.6 Å². The molecular formula is C20H31ClFN3O2S. The van der Waals surface area contributed by atoms with Crippen molar-refractivity contribution in [1.82, 2.24) is 16.0 Å². The molecule has 1 aliphatic heterocycles. The molecule has 0 spiro atoms. The predicted molar refractivity (Wildman–Crippen MR) is 110 cm³/mol. The third-order valence-electron chi connectivity index (χ3n) is 7.11. The van der Waals surface area contributed by atoms with E-state index in [1.165, 1.54) is 0 Å². The van der Waals surface area contributed by atoms with Gasteiger partial charge in [-0.2, -0.15) is 0 Å². The highest BCUT2D eigenvalue weighted by atomic mass is 35.5.